The third kappa shape index (κ3) is 4.06. The molecule has 6 heteroatoms. The van der Waals surface area contributed by atoms with Crippen LogP contribution in [0.3, 0.4) is 0 Å². The van der Waals surface area contributed by atoms with Crippen molar-refractivity contribution in [3.63, 3.8) is 0 Å². The number of halogens is 2. The second kappa shape index (κ2) is 6.53. The fraction of sp³-hybridized carbons (Fsp3) is 0.294. The summed E-state index contributed by atoms with van der Waals surface area (Å²) in [4.78, 5) is 24.4. The number of nitrogens with zero attached hydrogens (tertiary/aromatic N) is 1. The Labute approximate surface area is 145 Å². The summed E-state index contributed by atoms with van der Waals surface area (Å²) in [5, 5.41) is 0. The fourth-order valence-corrected chi connectivity index (χ4v) is 3.20. The number of rotatable bonds is 2. The molecule has 1 heterocycles. The Morgan fingerprint density at radius 1 is 1.35 bits per heavy atom. The van der Waals surface area contributed by atoms with Crippen LogP contribution in [0.25, 0.3) is 12.2 Å². The van der Waals surface area contributed by atoms with Gasteiger partial charge in [0.2, 0.25) is 0 Å². The Bertz CT molecular complexity index is 935. The lowest BCUT2D eigenvalue weighted by Gasteiger charge is -2.12. The van der Waals surface area contributed by atoms with E-state index in [2.05, 4.69) is 15.9 Å². The van der Waals surface area contributed by atoms with E-state index in [1.807, 2.05) is 20.8 Å². The number of aromatic nitrogens is 1. The molecule has 0 aliphatic rings. The van der Waals surface area contributed by atoms with Gasteiger partial charge in [0.05, 0.1) is 4.53 Å². The van der Waals surface area contributed by atoms with E-state index in [0.29, 0.717) is 14.8 Å². The zero-order valence-electron chi connectivity index (χ0n) is 13.3. The number of benzene rings is 1. The van der Waals surface area contributed by atoms with Gasteiger partial charge in [0.15, 0.2) is 5.78 Å². The van der Waals surface area contributed by atoms with Crippen LogP contribution in [0.4, 0.5) is 4.39 Å². The topological polar surface area (TPSA) is 39.1 Å². The minimum absolute atomic E-state index is 0.0606. The van der Waals surface area contributed by atoms with Gasteiger partial charge in [-0.1, -0.05) is 36.7 Å². The lowest BCUT2D eigenvalue weighted by Crippen LogP contribution is -2.30. The van der Waals surface area contributed by atoms with Gasteiger partial charge in [-0.05, 0) is 24.3 Å². The number of Topliss-reactive ketones (excluding diaryl/α,β-unsaturated/α-hetero) is 1. The average Bonchev–Trinajstić information content (AvgIpc) is 2.70. The van der Waals surface area contributed by atoms with Gasteiger partial charge in [0, 0.05) is 28.6 Å². The molecule has 0 spiro atoms. The van der Waals surface area contributed by atoms with Crippen molar-refractivity contribution in [3.8, 4) is 0 Å². The Hall–Kier alpha value is -1.53. The minimum atomic E-state index is -0.514. The standard InChI is InChI=1S/C17H17BrFNO2S/c1-17(2,3)14(21)9-15-20(4)16(22)13(23-15)8-10-7-11(18)5-6-12(10)19/h5-9H,1-4H3/b13-8+,15-9-. The molecule has 0 N–H and O–H groups in total. The van der Waals surface area contributed by atoms with Crippen LogP contribution >= 0.6 is 27.3 Å². The lowest BCUT2D eigenvalue weighted by atomic mass is 9.91. The molecule has 0 atom stereocenters. The molecule has 1 aromatic carbocycles. The molecule has 0 saturated carbocycles. The number of carbonyl (C=O) groups is 1. The van der Waals surface area contributed by atoms with E-state index in [9.17, 15) is 14.0 Å². The summed E-state index contributed by atoms with van der Waals surface area (Å²) in [6, 6.07) is 4.54. The van der Waals surface area contributed by atoms with Gasteiger partial charge < -0.3 is 4.57 Å². The first kappa shape index (κ1) is 17.8. The lowest BCUT2D eigenvalue weighted by molar-refractivity contribution is -0.120. The Balaban J connectivity index is 2.64. The number of ketones is 1. The molecule has 23 heavy (non-hydrogen) atoms. The van der Waals surface area contributed by atoms with Gasteiger partial charge in [-0.3, -0.25) is 9.59 Å². The molecule has 122 valence electrons. The summed E-state index contributed by atoms with van der Waals surface area (Å²) in [5.74, 6) is -0.463. The SMILES string of the molecule is Cn1c(=O)/c(=C\c2cc(Br)ccc2F)s/c1=C\C(=O)C(C)(C)C. The summed E-state index contributed by atoms with van der Waals surface area (Å²) in [6.45, 7) is 5.46. The molecule has 0 radical (unpaired) electrons. The van der Waals surface area contributed by atoms with Crippen LogP contribution in [-0.2, 0) is 11.8 Å². The molecular formula is C17H17BrFNO2S. The van der Waals surface area contributed by atoms with Crippen LogP contribution in [0.1, 0.15) is 26.3 Å². The molecule has 0 bridgehead atoms. The molecule has 3 nitrogen and oxygen atoms in total. The summed E-state index contributed by atoms with van der Waals surface area (Å²) in [5.41, 5.74) is -0.435. The van der Waals surface area contributed by atoms with Gasteiger partial charge in [-0.25, -0.2) is 4.39 Å². The molecule has 0 fully saturated rings. The number of carbonyl (C=O) groups excluding carboxylic acids is 1. The van der Waals surface area contributed by atoms with Crippen LogP contribution in [0.2, 0.25) is 0 Å². The quantitative estimate of drug-likeness (QED) is 0.780. The van der Waals surface area contributed by atoms with Crippen molar-refractivity contribution in [1.29, 1.82) is 0 Å². The maximum atomic E-state index is 13.8. The molecule has 2 rings (SSSR count). The maximum Gasteiger partial charge on any atom is 0.268 e. The molecule has 0 saturated heterocycles. The van der Waals surface area contributed by atoms with Crippen molar-refractivity contribution >= 4 is 45.2 Å². The van der Waals surface area contributed by atoms with Crippen molar-refractivity contribution in [2.24, 2.45) is 12.5 Å². The zero-order valence-corrected chi connectivity index (χ0v) is 15.7. The largest absolute Gasteiger partial charge is 0.302 e. The van der Waals surface area contributed by atoms with Crippen LogP contribution in [0, 0.1) is 11.2 Å². The van der Waals surface area contributed by atoms with Gasteiger partial charge in [0.1, 0.15) is 10.5 Å². The van der Waals surface area contributed by atoms with E-state index >= 15 is 0 Å². The Morgan fingerprint density at radius 3 is 2.61 bits per heavy atom. The first-order valence-corrected chi connectivity index (χ1v) is 8.59. The third-order valence-corrected chi connectivity index (χ3v) is 4.91. The van der Waals surface area contributed by atoms with Crippen molar-refractivity contribution in [3.05, 3.63) is 53.6 Å². The number of hydrogen-bond acceptors (Lipinski definition) is 3. The fourth-order valence-electron chi connectivity index (χ4n) is 1.80. The van der Waals surface area contributed by atoms with E-state index in [0.717, 1.165) is 4.47 Å². The highest BCUT2D eigenvalue weighted by molar-refractivity contribution is 9.10. The molecular weight excluding hydrogens is 381 g/mol. The molecule has 0 aliphatic heterocycles. The maximum absolute atomic E-state index is 13.8. The van der Waals surface area contributed by atoms with E-state index < -0.39 is 11.2 Å². The molecule has 0 unspecified atom stereocenters. The van der Waals surface area contributed by atoms with Crippen molar-refractivity contribution in [2.45, 2.75) is 20.8 Å². The normalized spacial score (nSPS) is 13.7. The first-order chi connectivity index (χ1) is 10.6. The van der Waals surface area contributed by atoms with E-state index in [4.69, 9.17) is 0 Å². The first-order valence-electron chi connectivity index (χ1n) is 6.98. The third-order valence-electron chi connectivity index (χ3n) is 3.30. The minimum Gasteiger partial charge on any atom is -0.302 e. The molecule has 0 amide bonds. The molecule has 1 aromatic heterocycles. The predicted octanol–water partition coefficient (Wildman–Crippen LogP) is 2.57. The van der Waals surface area contributed by atoms with Gasteiger partial charge in [-0.2, -0.15) is 0 Å². The van der Waals surface area contributed by atoms with Crippen molar-refractivity contribution < 1.29 is 9.18 Å². The summed E-state index contributed by atoms with van der Waals surface area (Å²) in [7, 11) is 1.61. The number of thiazole rings is 1. The van der Waals surface area contributed by atoms with Gasteiger partial charge in [-0.15, -0.1) is 11.3 Å². The highest BCUT2D eigenvalue weighted by atomic mass is 79.9. The van der Waals surface area contributed by atoms with Gasteiger partial charge in [0.25, 0.3) is 5.56 Å². The van der Waals surface area contributed by atoms with Crippen LogP contribution in [0.5, 0.6) is 0 Å². The Morgan fingerprint density at radius 2 is 2.00 bits per heavy atom. The summed E-state index contributed by atoms with van der Waals surface area (Å²) in [6.07, 6.45) is 2.98. The van der Waals surface area contributed by atoms with Crippen molar-refractivity contribution in [1.82, 2.24) is 4.57 Å². The summed E-state index contributed by atoms with van der Waals surface area (Å²) < 4.78 is 16.9. The predicted molar refractivity (Wildman–Crippen MR) is 95.4 cm³/mol. The Kier molecular flexibility index (Phi) is 5.06. The second-order valence-electron chi connectivity index (χ2n) is 6.24. The number of hydrogen-bond donors (Lipinski definition) is 0. The van der Waals surface area contributed by atoms with E-state index in [1.54, 1.807) is 19.2 Å². The zero-order chi connectivity index (χ0) is 17.4. The van der Waals surface area contributed by atoms with Crippen LogP contribution in [0.15, 0.2) is 27.5 Å². The second-order valence-corrected chi connectivity index (χ2v) is 8.22. The highest BCUT2D eigenvalue weighted by Gasteiger charge is 2.19. The van der Waals surface area contributed by atoms with E-state index in [-0.39, 0.29) is 11.3 Å². The van der Waals surface area contributed by atoms with Crippen LogP contribution < -0.4 is 14.8 Å². The molecule has 0 aliphatic carbocycles. The van der Waals surface area contributed by atoms with Gasteiger partial charge >= 0.3 is 0 Å². The van der Waals surface area contributed by atoms with Crippen LogP contribution in [-0.4, -0.2) is 10.4 Å². The smallest absolute Gasteiger partial charge is 0.268 e. The van der Waals surface area contributed by atoms with Crippen molar-refractivity contribution in [2.75, 3.05) is 0 Å². The van der Waals surface area contributed by atoms with E-state index in [1.165, 1.54) is 34.1 Å². The average molecular weight is 398 g/mol. The summed E-state index contributed by atoms with van der Waals surface area (Å²) >= 11 is 4.46. The monoisotopic (exact) mass is 397 g/mol. The highest BCUT2D eigenvalue weighted by Crippen LogP contribution is 2.16. The molecule has 2 aromatic rings.